The number of ether oxygens (including phenoxy) is 2. The third-order valence-electron chi connectivity index (χ3n) is 4.32. The summed E-state index contributed by atoms with van der Waals surface area (Å²) >= 11 is 0. The van der Waals surface area contributed by atoms with E-state index in [0.717, 1.165) is 54.4 Å². The van der Waals surface area contributed by atoms with Crippen molar-refractivity contribution in [3.05, 3.63) is 41.2 Å². The van der Waals surface area contributed by atoms with Crippen LogP contribution >= 0.6 is 0 Å². The summed E-state index contributed by atoms with van der Waals surface area (Å²) in [5.74, 6) is 0.771. The lowest BCUT2D eigenvalue weighted by Crippen LogP contribution is -2.26. The number of carbonyl (C=O) groups excluding carboxylic acids is 1. The van der Waals surface area contributed by atoms with Crippen molar-refractivity contribution in [1.82, 2.24) is 9.78 Å². The SMILES string of the molecule is Cc1cc(C)n(CC(=O)Nc2ccc(OC3CCOCC3)c(C)c2)n1. The predicted octanol–water partition coefficient (Wildman–Crippen LogP) is 3.00. The van der Waals surface area contributed by atoms with E-state index in [9.17, 15) is 4.79 Å². The molecule has 2 heterocycles. The summed E-state index contributed by atoms with van der Waals surface area (Å²) in [6, 6.07) is 7.69. The van der Waals surface area contributed by atoms with E-state index in [1.807, 2.05) is 45.0 Å². The molecule has 0 saturated carbocycles. The number of amides is 1. The first-order valence-electron chi connectivity index (χ1n) is 8.67. The monoisotopic (exact) mass is 343 g/mol. The fourth-order valence-electron chi connectivity index (χ4n) is 3.00. The number of aryl methyl sites for hydroxylation is 3. The molecule has 6 nitrogen and oxygen atoms in total. The predicted molar refractivity (Wildman–Crippen MR) is 96.0 cm³/mol. The molecule has 2 aromatic rings. The largest absolute Gasteiger partial charge is 0.490 e. The van der Waals surface area contributed by atoms with Crippen molar-refractivity contribution in [1.29, 1.82) is 0 Å². The van der Waals surface area contributed by atoms with E-state index in [1.54, 1.807) is 4.68 Å². The third-order valence-corrected chi connectivity index (χ3v) is 4.32. The highest BCUT2D eigenvalue weighted by atomic mass is 16.5. The van der Waals surface area contributed by atoms with E-state index in [2.05, 4.69) is 10.4 Å². The van der Waals surface area contributed by atoms with Crippen molar-refractivity contribution in [2.24, 2.45) is 0 Å². The lowest BCUT2D eigenvalue weighted by atomic mass is 10.1. The molecule has 1 aliphatic heterocycles. The summed E-state index contributed by atoms with van der Waals surface area (Å²) < 4.78 is 13.1. The second kappa shape index (κ2) is 7.70. The van der Waals surface area contributed by atoms with Crippen molar-refractivity contribution in [3.63, 3.8) is 0 Å². The Balaban J connectivity index is 1.60. The molecule has 3 rings (SSSR count). The fraction of sp³-hybridized carbons (Fsp3) is 0.474. The van der Waals surface area contributed by atoms with Crippen molar-refractivity contribution < 1.29 is 14.3 Å². The Bertz CT molecular complexity index is 748. The van der Waals surface area contributed by atoms with E-state index >= 15 is 0 Å². The first kappa shape index (κ1) is 17.5. The number of carbonyl (C=O) groups is 1. The summed E-state index contributed by atoms with van der Waals surface area (Å²) in [4.78, 5) is 12.2. The lowest BCUT2D eigenvalue weighted by Gasteiger charge is -2.24. The second-order valence-electron chi connectivity index (χ2n) is 6.54. The molecule has 25 heavy (non-hydrogen) atoms. The number of rotatable bonds is 5. The van der Waals surface area contributed by atoms with Gasteiger partial charge in [0.05, 0.1) is 18.9 Å². The van der Waals surface area contributed by atoms with Crippen LogP contribution in [0.4, 0.5) is 5.69 Å². The van der Waals surface area contributed by atoms with E-state index in [0.29, 0.717) is 0 Å². The molecule has 1 fully saturated rings. The zero-order valence-electron chi connectivity index (χ0n) is 15.0. The van der Waals surface area contributed by atoms with Gasteiger partial charge in [0.2, 0.25) is 5.91 Å². The average molecular weight is 343 g/mol. The Morgan fingerprint density at radius 1 is 1.28 bits per heavy atom. The van der Waals surface area contributed by atoms with Crippen molar-refractivity contribution in [2.75, 3.05) is 18.5 Å². The molecule has 0 atom stereocenters. The molecule has 6 heteroatoms. The number of benzene rings is 1. The van der Waals surface area contributed by atoms with Crippen LogP contribution in [0.2, 0.25) is 0 Å². The number of nitrogens with zero attached hydrogens (tertiary/aromatic N) is 2. The Morgan fingerprint density at radius 2 is 2.04 bits per heavy atom. The van der Waals surface area contributed by atoms with E-state index < -0.39 is 0 Å². The van der Waals surface area contributed by atoms with Crippen LogP contribution in [-0.2, 0) is 16.1 Å². The Morgan fingerprint density at radius 3 is 2.68 bits per heavy atom. The molecule has 1 saturated heterocycles. The summed E-state index contributed by atoms with van der Waals surface area (Å²) in [5.41, 5.74) is 3.67. The molecule has 1 aliphatic rings. The fourth-order valence-corrected chi connectivity index (χ4v) is 3.00. The maximum atomic E-state index is 12.2. The molecule has 0 aliphatic carbocycles. The van der Waals surface area contributed by atoms with Crippen LogP contribution in [0, 0.1) is 20.8 Å². The molecule has 1 aromatic carbocycles. The molecule has 1 N–H and O–H groups in total. The quantitative estimate of drug-likeness (QED) is 0.906. The Kier molecular flexibility index (Phi) is 5.38. The van der Waals surface area contributed by atoms with E-state index in [1.165, 1.54) is 0 Å². The molecule has 0 unspecified atom stereocenters. The minimum atomic E-state index is -0.0938. The van der Waals surface area contributed by atoms with Gasteiger partial charge in [0.25, 0.3) is 0 Å². The zero-order valence-corrected chi connectivity index (χ0v) is 15.0. The summed E-state index contributed by atoms with van der Waals surface area (Å²) in [6.07, 6.45) is 2.04. The van der Waals surface area contributed by atoms with Crippen LogP contribution in [-0.4, -0.2) is 35.0 Å². The van der Waals surface area contributed by atoms with Crippen molar-refractivity contribution >= 4 is 11.6 Å². The highest BCUT2D eigenvalue weighted by Crippen LogP contribution is 2.25. The third kappa shape index (κ3) is 4.60. The second-order valence-corrected chi connectivity index (χ2v) is 6.54. The molecule has 1 aromatic heterocycles. The minimum absolute atomic E-state index is 0.0938. The van der Waals surface area contributed by atoms with Gasteiger partial charge in [-0.25, -0.2) is 0 Å². The van der Waals surface area contributed by atoms with Crippen molar-refractivity contribution in [2.45, 2.75) is 46.3 Å². The van der Waals surface area contributed by atoms with Crippen LogP contribution in [0.5, 0.6) is 5.75 Å². The Labute approximate surface area is 148 Å². The van der Waals surface area contributed by atoms with Gasteiger partial charge in [0.1, 0.15) is 18.4 Å². The van der Waals surface area contributed by atoms with Gasteiger partial charge in [0.15, 0.2) is 0 Å². The van der Waals surface area contributed by atoms with Gasteiger partial charge in [-0.15, -0.1) is 0 Å². The van der Waals surface area contributed by atoms with Gasteiger partial charge in [-0.3, -0.25) is 9.48 Å². The summed E-state index contributed by atoms with van der Waals surface area (Å²) in [6.45, 7) is 7.57. The maximum absolute atomic E-state index is 12.2. The minimum Gasteiger partial charge on any atom is -0.490 e. The van der Waals surface area contributed by atoms with Crippen LogP contribution in [0.1, 0.15) is 29.8 Å². The lowest BCUT2D eigenvalue weighted by molar-refractivity contribution is -0.116. The van der Waals surface area contributed by atoms with Gasteiger partial charge in [0, 0.05) is 24.2 Å². The van der Waals surface area contributed by atoms with Gasteiger partial charge in [-0.2, -0.15) is 5.10 Å². The highest BCUT2D eigenvalue weighted by molar-refractivity contribution is 5.90. The number of nitrogens with one attached hydrogen (secondary N) is 1. The molecule has 0 radical (unpaired) electrons. The smallest absolute Gasteiger partial charge is 0.246 e. The maximum Gasteiger partial charge on any atom is 0.246 e. The first-order chi connectivity index (χ1) is 12.0. The molecular formula is C19H25N3O3. The molecule has 0 bridgehead atoms. The number of hydrogen-bond donors (Lipinski definition) is 1. The van der Waals surface area contributed by atoms with Gasteiger partial charge in [-0.05, 0) is 50.6 Å². The Hall–Kier alpha value is -2.34. The van der Waals surface area contributed by atoms with Crippen LogP contribution in [0.3, 0.4) is 0 Å². The van der Waals surface area contributed by atoms with Crippen LogP contribution in [0.15, 0.2) is 24.3 Å². The van der Waals surface area contributed by atoms with E-state index in [-0.39, 0.29) is 18.6 Å². The summed E-state index contributed by atoms with van der Waals surface area (Å²) in [5, 5.41) is 7.24. The molecule has 1 amide bonds. The van der Waals surface area contributed by atoms with Crippen molar-refractivity contribution in [3.8, 4) is 5.75 Å². The number of aromatic nitrogens is 2. The first-order valence-corrected chi connectivity index (χ1v) is 8.67. The normalized spacial score (nSPS) is 15.2. The number of hydrogen-bond acceptors (Lipinski definition) is 4. The van der Waals surface area contributed by atoms with Gasteiger partial charge >= 0.3 is 0 Å². The summed E-state index contributed by atoms with van der Waals surface area (Å²) in [7, 11) is 0. The number of anilines is 1. The molecular weight excluding hydrogens is 318 g/mol. The molecule has 0 spiro atoms. The molecule has 134 valence electrons. The van der Waals surface area contributed by atoms with Crippen LogP contribution in [0.25, 0.3) is 0 Å². The highest BCUT2D eigenvalue weighted by Gasteiger charge is 2.16. The average Bonchev–Trinajstić information content (AvgIpc) is 2.88. The zero-order chi connectivity index (χ0) is 17.8. The topological polar surface area (TPSA) is 65.4 Å². The standard InChI is InChI=1S/C19H25N3O3/c1-13-10-16(4-5-18(13)25-17-6-8-24-9-7-17)20-19(23)12-22-15(3)11-14(2)21-22/h4-5,10-11,17H,6-9,12H2,1-3H3,(H,20,23). The van der Waals surface area contributed by atoms with Crippen LogP contribution < -0.4 is 10.1 Å². The van der Waals surface area contributed by atoms with Gasteiger partial charge in [-0.1, -0.05) is 0 Å². The van der Waals surface area contributed by atoms with Gasteiger partial charge < -0.3 is 14.8 Å². The van der Waals surface area contributed by atoms with E-state index in [4.69, 9.17) is 9.47 Å².